The highest BCUT2D eigenvalue weighted by Gasteiger charge is 2.11. The zero-order valence-electron chi connectivity index (χ0n) is 12.0. The zero-order chi connectivity index (χ0) is 15.9. The van der Waals surface area contributed by atoms with Crippen molar-refractivity contribution in [3.63, 3.8) is 0 Å². The molecule has 2 rings (SSSR count). The molecule has 2 aromatic carbocycles. The van der Waals surface area contributed by atoms with E-state index >= 15 is 0 Å². The van der Waals surface area contributed by atoms with Crippen molar-refractivity contribution in [2.75, 3.05) is 5.32 Å². The number of halogens is 2. The summed E-state index contributed by atoms with van der Waals surface area (Å²) in [5, 5.41) is 6.25. The predicted octanol–water partition coefficient (Wildman–Crippen LogP) is 4.08. The molecular formula is C16H16F2N2OS. The molecule has 0 aliphatic rings. The normalized spacial score (nSPS) is 10.4. The van der Waals surface area contributed by atoms with Gasteiger partial charge in [-0.25, -0.2) is 0 Å². The number of anilines is 1. The van der Waals surface area contributed by atoms with E-state index in [1.165, 1.54) is 6.07 Å². The van der Waals surface area contributed by atoms with Gasteiger partial charge in [0, 0.05) is 6.54 Å². The molecule has 0 saturated carbocycles. The second-order valence-electron chi connectivity index (χ2n) is 4.67. The first-order valence-corrected chi connectivity index (χ1v) is 7.09. The lowest BCUT2D eigenvalue weighted by Crippen LogP contribution is -2.28. The Morgan fingerprint density at radius 3 is 2.59 bits per heavy atom. The lowest BCUT2D eigenvalue weighted by atomic mass is 10.2. The van der Waals surface area contributed by atoms with Gasteiger partial charge in [-0.15, -0.1) is 0 Å². The molecule has 116 valence electrons. The third-order valence-corrected chi connectivity index (χ3v) is 3.14. The van der Waals surface area contributed by atoms with Crippen molar-refractivity contribution in [2.45, 2.75) is 20.1 Å². The zero-order valence-corrected chi connectivity index (χ0v) is 12.8. The van der Waals surface area contributed by atoms with E-state index in [9.17, 15) is 8.78 Å². The molecule has 0 aliphatic heterocycles. The maximum atomic E-state index is 12.4. The summed E-state index contributed by atoms with van der Waals surface area (Å²) in [6, 6.07) is 14.6. The number of ether oxygens (including phenoxy) is 1. The average molecular weight is 322 g/mol. The second-order valence-corrected chi connectivity index (χ2v) is 5.08. The largest absolute Gasteiger partial charge is 0.433 e. The minimum absolute atomic E-state index is 0.0597. The molecule has 2 aromatic rings. The fraction of sp³-hybridized carbons (Fsp3) is 0.188. The van der Waals surface area contributed by atoms with Crippen LogP contribution in [-0.2, 0) is 6.54 Å². The molecule has 0 aromatic heterocycles. The number of hydrogen-bond donors (Lipinski definition) is 2. The van der Waals surface area contributed by atoms with Crippen LogP contribution in [0.25, 0.3) is 0 Å². The Morgan fingerprint density at radius 2 is 1.91 bits per heavy atom. The first kappa shape index (κ1) is 16.2. The molecule has 0 amide bonds. The van der Waals surface area contributed by atoms with Gasteiger partial charge in [0.1, 0.15) is 5.75 Å². The van der Waals surface area contributed by atoms with E-state index in [0.29, 0.717) is 17.3 Å². The summed E-state index contributed by atoms with van der Waals surface area (Å²) in [6.07, 6.45) is 0. The van der Waals surface area contributed by atoms with Crippen molar-refractivity contribution in [3.05, 3.63) is 59.7 Å². The number of benzene rings is 2. The van der Waals surface area contributed by atoms with Crippen LogP contribution in [-0.4, -0.2) is 11.7 Å². The molecule has 0 heterocycles. The van der Waals surface area contributed by atoms with Crippen LogP contribution in [0.5, 0.6) is 5.75 Å². The van der Waals surface area contributed by atoms with Gasteiger partial charge in [-0.3, -0.25) is 0 Å². The van der Waals surface area contributed by atoms with Gasteiger partial charge >= 0.3 is 6.61 Å². The van der Waals surface area contributed by atoms with Gasteiger partial charge in [-0.2, -0.15) is 8.78 Å². The van der Waals surface area contributed by atoms with Gasteiger partial charge in [0.15, 0.2) is 5.11 Å². The topological polar surface area (TPSA) is 33.3 Å². The smallest absolute Gasteiger partial charge is 0.387 e. The molecule has 0 atom stereocenters. The van der Waals surface area contributed by atoms with E-state index < -0.39 is 6.61 Å². The van der Waals surface area contributed by atoms with Gasteiger partial charge in [0.2, 0.25) is 0 Å². The lowest BCUT2D eigenvalue weighted by Gasteiger charge is -2.15. The van der Waals surface area contributed by atoms with E-state index in [1.807, 2.05) is 37.3 Å². The van der Waals surface area contributed by atoms with Crippen LogP contribution in [0.15, 0.2) is 48.5 Å². The quantitative estimate of drug-likeness (QED) is 0.813. The van der Waals surface area contributed by atoms with Crippen molar-refractivity contribution >= 4 is 23.0 Å². The molecule has 2 N–H and O–H groups in total. The number of nitrogens with one attached hydrogen (secondary N) is 2. The molecule has 0 saturated heterocycles. The molecule has 0 bridgehead atoms. The van der Waals surface area contributed by atoms with E-state index in [-0.39, 0.29) is 5.75 Å². The average Bonchev–Trinajstić information content (AvgIpc) is 2.49. The summed E-state index contributed by atoms with van der Waals surface area (Å²) in [7, 11) is 0. The predicted molar refractivity (Wildman–Crippen MR) is 87.3 cm³/mol. The summed E-state index contributed by atoms with van der Waals surface area (Å²) in [6.45, 7) is -0.476. The van der Waals surface area contributed by atoms with Gasteiger partial charge in [-0.05, 0) is 42.4 Å². The number of hydrogen-bond acceptors (Lipinski definition) is 2. The molecule has 6 heteroatoms. The van der Waals surface area contributed by atoms with Crippen molar-refractivity contribution in [1.82, 2.24) is 5.32 Å². The standard InChI is InChI=1S/C16H16F2N2OS/c1-11-7-8-14(21-15(17)18)13(9-11)20-16(22)19-10-12-5-3-2-4-6-12/h2-9,15H,10H2,1H3,(H2,19,20,22). The Bertz CT molecular complexity index is 635. The minimum atomic E-state index is -2.88. The van der Waals surface area contributed by atoms with Crippen LogP contribution in [0.2, 0.25) is 0 Å². The number of thiocarbonyl (C=S) groups is 1. The summed E-state index contributed by atoms with van der Waals surface area (Å²) in [4.78, 5) is 0. The third-order valence-electron chi connectivity index (χ3n) is 2.90. The van der Waals surface area contributed by atoms with Gasteiger partial charge in [-0.1, -0.05) is 36.4 Å². The van der Waals surface area contributed by atoms with Gasteiger partial charge in [0.05, 0.1) is 5.69 Å². The Balaban J connectivity index is 2.00. The molecule has 0 aliphatic carbocycles. The highest BCUT2D eigenvalue weighted by atomic mass is 32.1. The molecule has 22 heavy (non-hydrogen) atoms. The van der Waals surface area contributed by atoms with Crippen LogP contribution < -0.4 is 15.4 Å². The number of aryl methyl sites for hydroxylation is 1. The van der Waals surface area contributed by atoms with Crippen LogP contribution in [0.1, 0.15) is 11.1 Å². The third kappa shape index (κ3) is 4.96. The summed E-state index contributed by atoms with van der Waals surface area (Å²) >= 11 is 5.19. The first-order valence-electron chi connectivity index (χ1n) is 6.69. The Hall–Kier alpha value is -2.21. The fourth-order valence-electron chi connectivity index (χ4n) is 1.88. The van der Waals surface area contributed by atoms with Crippen molar-refractivity contribution in [1.29, 1.82) is 0 Å². The molecule has 0 unspecified atom stereocenters. The molecule has 3 nitrogen and oxygen atoms in total. The SMILES string of the molecule is Cc1ccc(OC(F)F)c(NC(=S)NCc2ccccc2)c1. The van der Waals surface area contributed by atoms with Gasteiger partial charge in [0.25, 0.3) is 0 Å². The van der Waals surface area contributed by atoms with E-state index in [0.717, 1.165) is 11.1 Å². The highest BCUT2D eigenvalue weighted by Crippen LogP contribution is 2.27. The van der Waals surface area contributed by atoms with Crippen molar-refractivity contribution in [3.8, 4) is 5.75 Å². The summed E-state index contributed by atoms with van der Waals surface area (Å²) < 4.78 is 29.3. The molecular weight excluding hydrogens is 306 g/mol. The number of rotatable bonds is 5. The van der Waals surface area contributed by atoms with E-state index in [4.69, 9.17) is 12.2 Å². The maximum absolute atomic E-state index is 12.4. The Kier molecular flexibility index (Phi) is 5.66. The summed E-state index contributed by atoms with van der Waals surface area (Å²) in [5.74, 6) is 0.0597. The maximum Gasteiger partial charge on any atom is 0.387 e. The van der Waals surface area contributed by atoms with Crippen LogP contribution in [0, 0.1) is 6.92 Å². The molecule has 0 radical (unpaired) electrons. The Morgan fingerprint density at radius 1 is 1.18 bits per heavy atom. The van der Waals surface area contributed by atoms with Crippen LogP contribution in [0.4, 0.5) is 14.5 Å². The monoisotopic (exact) mass is 322 g/mol. The first-order chi connectivity index (χ1) is 10.5. The fourth-order valence-corrected chi connectivity index (χ4v) is 2.07. The lowest BCUT2D eigenvalue weighted by molar-refractivity contribution is -0.0493. The van der Waals surface area contributed by atoms with Crippen molar-refractivity contribution < 1.29 is 13.5 Å². The van der Waals surface area contributed by atoms with Crippen LogP contribution in [0.3, 0.4) is 0 Å². The number of alkyl halides is 2. The minimum Gasteiger partial charge on any atom is -0.433 e. The summed E-state index contributed by atoms with van der Waals surface area (Å²) in [5.41, 5.74) is 2.39. The van der Waals surface area contributed by atoms with E-state index in [2.05, 4.69) is 15.4 Å². The van der Waals surface area contributed by atoms with Gasteiger partial charge < -0.3 is 15.4 Å². The molecule has 0 fully saturated rings. The van der Waals surface area contributed by atoms with Crippen LogP contribution >= 0.6 is 12.2 Å². The Labute approximate surface area is 133 Å². The van der Waals surface area contributed by atoms with E-state index in [1.54, 1.807) is 12.1 Å². The highest BCUT2D eigenvalue weighted by molar-refractivity contribution is 7.80. The second kappa shape index (κ2) is 7.70. The van der Waals surface area contributed by atoms with Crippen molar-refractivity contribution in [2.24, 2.45) is 0 Å². The molecule has 0 spiro atoms.